The van der Waals surface area contributed by atoms with E-state index in [2.05, 4.69) is 46.8 Å². The van der Waals surface area contributed by atoms with Crippen LogP contribution in [0.3, 0.4) is 0 Å². The number of benzene rings is 1. The molecule has 0 spiro atoms. The van der Waals surface area contributed by atoms with E-state index in [1.807, 2.05) is 0 Å². The van der Waals surface area contributed by atoms with Gasteiger partial charge in [-0.05, 0) is 17.9 Å². The number of aromatic nitrogens is 3. The van der Waals surface area contributed by atoms with Gasteiger partial charge in [-0.2, -0.15) is 9.61 Å². The predicted octanol–water partition coefficient (Wildman–Crippen LogP) is 4.11. The molecule has 3 N–H and O–H groups in total. The van der Waals surface area contributed by atoms with E-state index in [4.69, 9.17) is 21.1 Å². The van der Waals surface area contributed by atoms with Crippen molar-refractivity contribution in [1.29, 1.82) is 0 Å². The summed E-state index contributed by atoms with van der Waals surface area (Å²) in [6.45, 7) is 7.79. The number of amides is 1. The SMILES string of the molecule is CCC(C)(C)CNC(=O)c1cnn2c(NC)cc(Nc3cc(Cl)cc4c3OCCO4)nc12. The first-order valence-corrected chi connectivity index (χ1v) is 10.9. The van der Waals surface area contributed by atoms with Crippen molar-refractivity contribution in [3.63, 3.8) is 0 Å². The van der Waals surface area contributed by atoms with Crippen molar-refractivity contribution in [2.45, 2.75) is 27.2 Å². The van der Waals surface area contributed by atoms with Crippen molar-refractivity contribution in [2.24, 2.45) is 5.41 Å². The standard InChI is InChI=1S/C22H27ClN6O3/c1-5-22(2,3)12-25-21(30)14-11-26-29-18(24-4)10-17(28-20(14)29)27-15-8-13(23)9-16-19(15)32-7-6-31-16/h8-11,24H,5-7,12H2,1-4H3,(H,25,30)(H,27,28). The molecular formula is C22H27ClN6O3. The minimum Gasteiger partial charge on any atom is -0.486 e. The van der Waals surface area contributed by atoms with E-state index >= 15 is 0 Å². The van der Waals surface area contributed by atoms with E-state index in [0.717, 1.165) is 6.42 Å². The summed E-state index contributed by atoms with van der Waals surface area (Å²) >= 11 is 6.26. The number of anilines is 3. The number of fused-ring (bicyclic) bond motifs is 2. The highest BCUT2D eigenvalue weighted by atomic mass is 35.5. The van der Waals surface area contributed by atoms with Crippen LogP contribution in [0.2, 0.25) is 5.02 Å². The number of carbonyl (C=O) groups excluding carboxylic acids is 1. The van der Waals surface area contributed by atoms with Crippen LogP contribution < -0.4 is 25.4 Å². The van der Waals surface area contributed by atoms with Gasteiger partial charge in [0.1, 0.15) is 30.4 Å². The Morgan fingerprint density at radius 3 is 2.78 bits per heavy atom. The molecule has 3 heterocycles. The van der Waals surface area contributed by atoms with Crippen molar-refractivity contribution in [2.75, 3.05) is 37.4 Å². The smallest absolute Gasteiger partial charge is 0.256 e. The minimum absolute atomic E-state index is 0.00263. The van der Waals surface area contributed by atoms with Crippen LogP contribution in [0.4, 0.5) is 17.3 Å². The zero-order valence-electron chi connectivity index (χ0n) is 18.6. The van der Waals surface area contributed by atoms with Crippen molar-refractivity contribution >= 4 is 40.5 Å². The van der Waals surface area contributed by atoms with Crippen LogP contribution in [0.5, 0.6) is 11.5 Å². The summed E-state index contributed by atoms with van der Waals surface area (Å²) in [4.78, 5) is 17.5. The normalized spacial score (nSPS) is 13.2. The van der Waals surface area contributed by atoms with Gasteiger partial charge in [0.15, 0.2) is 17.1 Å². The molecule has 0 radical (unpaired) electrons. The van der Waals surface area contributed by atoms with Crippen LogP contribution in [0.25, 0.3) is 5.65 Å². The molecule has 3 aromatic rings. The average molecular weight is 459 g/mol. The third-order valence-electron chi connectivity index (χ3n) is 5.53. The van der Waals surface area contributed by atoms with E-state index < -0.39 is 0 Å². The van der Waals surface area contributed by atoms with Crippen molar-refractivity contribution in [1.82, 2.24) is 19.9 Å². The molecule has 170 valence electrons. The van der Waals surface area contributed by atoms with E-state index in [9.17, 15) is 4.79 Å². The Labute approximate surface area is 191 Å². The highest BCUT2D eigenvalue weighted by molar-refractivity contribution is 6.31. The molecule has 0 saturated carbocycles. The van der Waals surface area contributed by atoms with Crippen LogP contribution in [-0.2, 0) is 0 Å². The quantitative estimate of drug-likeness (QED) is 0.489. The molecule has 0 saturated heterocycles. The van der Waals surface area contributed by atoms with Gasteiger partial charge in [-0.25, -0.2) is 4.98 Å². The highest BCUT2D eigenvalue weighted by Gasteiger charge is 2.22. The lowest BCUT2D eigenvalue weighted by Crippen LogP contribution is -2.33. The molecule has 9 nitrogen and oxygen atoms in total. The number of rotatable bonds is 7. The molecule has 1 aromatic carbocycles. The Morgan fingerprint density at radius 1 is 1.25 bits per heavy atom. The molecule has 0 bridgehead atoms. The summed E-state index contributed by atoms with van der Waals surface area (Å²) in [6.07, 6.45) is 2.48. The maximum absolute atomic E-state index is 12.9. The van der Waals surface area contributed by atoms with E-state index in [1.165, 1.54) is 6.20 Å². The zero-order chi connectivity index (χ0) is 22.9. The number of hydrogen-bond donors (Lipinski definition) is 3. The molecule has 4 rings (SSSR count). The van der Waals surface area contributed by atoms with Crippen LogP contribution >= 0.6 is 11.6 Å². The van der Waals surface area contributed by atoms with Crippen LogP contribution in [0.1, 0.15) is 37.6 Å². The van der Waals surface area contributed by atoms with Gasteiger partial charge in [0.05, 0.1) is 11.9 Å². The fraction of sp³-hybridized carbons (Fsp3) is 0.409. The van der Waals surface area contributed by atoms with E-state index in [-0.39, 0.29) is 11.3 Å². The Kier molecular flexibility index (Phi) is 6.01. The van der Waals surface area contributed by atoms with Gasteiger partial charge in [0, 0.05) is 30.7 Å². The number of nitrogens with one attached hydrogen (secondary N) is 3. The Morgan fingerprint density at radius 2 is 2.03 bits per heavy atom. The second kappa shape index (κ2) is 8.74. The van der Waals surface area contributed by atoms with Crippen LogP contribution in [0.15, 0.2) is 24.4 Å². The number of carbonyl (C=O) groups is 1. The maximum atomic E-state index is 12.9. The molecular weight excluding hydrogens is 432 g/mol. The minimum atomic E-state index is -0.218. The second-order valence-corrected chi connectivity index (χ2v) is 8.81. The lowest BCUT2D eigenvalue weighted by Gasteiger charge is -2.22. The molecule has 10 heteroatoms. The zero-order valence-corrected chi connectivity index (χ0v) is 19.3. The molecule has 32 heavy (non-hydrogen) atoms. The van der Waals surface area contributed by atoms with Crippen LogP contribution in [-0.4, -0.2) is 47.3 Å². The van der Waals surface area contributed by atoms with E-state index in [0.29, 0.717) is 64.8 Å². The monoisotopic (exact) mass is 458 g/mol. The first kappa shape index (κ1) is 22.0. The second-order valence-electron chi connectivity index (χ2n) is 8.37. The summed E-state index contributed by atoms with van der Waals surface area (Å²) in [7, 11) is 1.78. The predicted molar refractivity (Wildman–Crippen MR) is 125 cm³/mol. The number of halogens is 1. The number of ether oxygens (including phenoxy) is 2. The summed E-state index contributed by atoms with van der Waals surface area (Å²) in [5, 5.41) is 14.2. The largest absolute Gasteiger partial charge is 0.486 e. The molecule has 0 unspecified atom stereocenters. The molecule has 0 fully saturated rings. The molecule has 1 aliphatic heterocycles. The molecule has 1 aliphatic rings. The van der Waals surface area contributed by atoms with Gasteiger partial charge in [-0.1, -0.05) is 32.4 Å². The Bertz CT molecular complexity index is 1160. The fourth-order valence-corrected chi connectivity index (χ4v) is 3.46. The first-order valence-electron chi connectivity index (χ1n) is 10.5. The van der Waals surface area contributed by atoms with Gasteiger partial charge in [0.25, 0.3) is 5.91 Å². The number of nitrogens with zero attached hydrogens (tertiary/aromatic N) is 3. The van der Waals surface area contributed by atoms with Crippen LogP contribution in [0, 0.1) is 5.41 Å². The topological polar surface area (TPSA) is 102 Å². The summed E-state index contributed by atoms with van der Waals surface area (Å²) in [5.74, 6) is 2.10. The molecule has 2 aromatic heterocycles. The number of hydrogen-bond acceptors (Lipinski definition) is 7. The van der Waals surface area contributed by atoms with Gasteiger partial charge in [-0.3, -0.25) is 4.79 Å². The lowest BCUT2D eigenvalue weighted by atomic mass is 9.90. The van der Waals surface area contributed by atoms with Gasteiger partial charge in [-0.15, -0.1) is 0 Å². The Hall–Kier alpha value is -3.20. The average Bonchev–Trinajstić information content (AvgIpc) is 3.21. The fourth-order valence-electron chi connectivity index (χ4n) is 3.26. The third-order valence-corrected chi connectivity index (χ3v) is 5.75. The van der Waals surface area contributed by atoms with Crippen molar-refractivity contribution < 1.29 is 14.3 Å². The summed E-state index contributed by atoms with van der Waals surface area (Å²) in [6, 6.07) is 5.25. The molecule has 0 atom stereocenters. The Balaban J connectivity index is 1.69. The lowest BCUT2D eigenvalue weighted by molar-refractivity contribution is 0.0937. The van der Waals surface area contributed by atoms with Gasteiger partial charge in [0.2, 0.25) is 0 Å². The van der Waals surface area contributed by atoms with Gasteiger partial charge >= 0.3 is 0 Å². The molecule has 1 amide bonds. The van der Waals surface area contributed by atoms with Gasteiger partial charge < -0.3 is 25.4 Å². The van der Waals surface area contributed by atoms with Crippen molar-refractivity contribution in [3.8, 4) is 11.5 Å². The third kappa shape index (κ3) is 4.38. The highest BCUT2D eigenvalue weighted by Crippen LogP contribution is 2.41. The first-order chi connectivity index (χ1) is 15.3. The maximum Gasteiger partial charge on any atom is 0.256 e. The van der Waals surface area contributed by atoms with E-state index in [1.54, 1.807) is 29.8 Å². The van der Waals surface area contributed by atoms with Crippen molar-refractivity contribution in [3.05, 3.63) is 35.0 Å². The summed E-state index contributed by atoms with van der Waals surface area (Å²) in [5.41, 5.74) is 1.45. The molecule has 0 aliphatic carbocycles. The summed E-state index contributed by atoms with van der Waals surface area (Å²) < 4.78 is 13.0.